The summed E-state index contributed by atoms with van der Waals surface area (Å²) in [4.78, 5) is 12.0. The number of aryl methyl sites for hydroxylation is 2. The second-order valence-electron chi connectivity index (χ2n) is 4.49. The third-order valence-corrected chi connectivity index (χ3v) is 3.01. The molecule has 0 heterocycles. The third kappa shape index (κ3) is 2.91. The molecule has 3 N–H and O–H groups in total. The number of nitrogens with one attached hydrogen (secondary N) is 1. The van der Waals surface area contributed by atoms with Gasteiger partial charge in [-0.2, -0.15) is 0 Å². The summed E-state index contributed by atoms with van der Waals surface area (Å²) in [6, 6.07) is 9.52. The lowest BCUT2D eigenvalue weighted by molar-refractivity contribution is 0.102. The van der Waals surface area contributed by atoms with Crippen molar-refractivity contribution in [1.82, 2.24) is 0 Å². The van der Waals surface area contributed by atoms with Crippen LogP contribution < -0.4 is 11.1 Å². The number of nitrogen functional groups attached to an aromatic ring is 1. The Kier molecular flexibility index (Phi) is 3.51. The van der Waals surface area contributed by atoms with Crippen molar-refractivity contribution in [3.63, 3.8) is 0 Å². The summed E-state index contributed by atoms with van der Waals surface area (Å²) in [6.07, 6.45) is 0. The smallest absolute Gasteiger partial charge is 0.255 e. The first-order valence-corrected chi connectivity index (χ1v) is 5.91. The van der Waals surface area contributed by atoms with Crippen LogP contribution in [0.1, 0.15) is 21.5 Å². The molecule has 0 aliphatic heterocycles. The first kappa shape index (κ1) is 13.1. The molecular formula is C15H15FN2O. The number of amides is 1. The van der Waals surface area contributed by atoms with Crippen molar-refractivity contribution in [2.24, 2.45) is 0 Å². The number of benzene rings is 2. The molecule has 98 valence electrons. The van der Waals surface area contributed by atoms with Gasteiger partial charge in [-0.25, -0.2) is 4.39 Å². The maximum atomic E-state index is 13.6. The molecule has 0 aliphatic carbocycles. The van der Waals surface area contributed by atoms with E-state index in [9.17, 15) is 9.18 Å². The van der Waals surface area contributed by atoms with Gasteiger partial charge in [-0.05, 0) is 55.3 Å². The molecule has 0 saturated heterocycles. The van der Waals surface area contributed by atoms with Gasteiger partial charge in [-0.15, -0.1) is 0 Å². The summed E-state index contributed by atoms with van der Waals surface area (Å²) in [5.74, 6) is -0.885. The lowest BCUT2D eigenvalue weighted by Crippen LogP contribution is -2.13. The van der Waals surface area contributed by atoms with Gasteiger partial charge in [-0.1, -0.05) is 6.07 Å². The molecule has 0 atom stereocenters. The Morgan fingerprint density at radius 1 is 1.11 bits per heavy atom. The van der Waals surface area contributed by atoms with E-state index in [0.717, 1.165) is 11.1 Å². The molecule has 2 aromatic rings. The highest BCUT2D eigenvalue weighted by atomic mass is 19.1. The molecule has 0 saturated carbocycles. The van der Waals surface area contributed by atoms with Gasteiger partial charge in [0.15, 0.2) is 0 Å². The van der Waals surface area contributed by atoms with E-state index in [-0.39, 0.29) is 11.6 Å². The molecule has 3 nitrogen and oxygen atoms in total. The number of carbonyl (C=O) groups is 1. The molecule has 1 amide bonds. The fourth-order valence-corrected chi connectivity index (χ4v) is 1.71. The third-order valence-electron chi connectivity index (χ3n) is 3.01. The summed E-state index contributed by atoms with van der Waals surface area (Å²) in [5.41, 5.74) is 8.52. The molecule has 0 bridgehead atoms. The van der Waals surface area contributed by atoms with Crippen molar-refractivity contribution >= 4 is 17.3 Å². The van der Waals surface area contributed by atoms with Crippen molar-refractivity contribution in [2.75, 3.05) is 11.1 Å². The number of carbonyl (C=O) groups excluding carboxylic acids is 1. The highest BCUT2D eigenvalue weighted by molar-refractivity contribution is 6.04. The maximum absolute atomic E-state index is 13.6. The van der Waals surface area contributed by atoms with E-state index >= 15 is 0 Å². The first-order valence-electron chi connectivity index (χ1n) is 5.91. The predicted octanol–water partition coefficient (Wildman–Crippen LogP) is 3.28. The molecule has 0 aromatic heterocycles. The van der Waals surface area contributed by atoms with Crippen LogP contribution in [-0.4, -0.2) is 5.91 Å². The number of rotatable bonds is 2. The Morgan fingerprint density at radius 2 is 1.84 bits per heavy atom. The Morgan fingerprint density at radius 3 is 2.47 bits per heavy atom. The van der Waals surface area contributed by atoms with Gasteiger partial charge in [0.25, 0.3) is 5.91 Å². The van der Waals surface area contributed by atoms with Crippen LogP contribution in [0.2, 0.25) is 0 Å². The molecular weight excluding hydrogens is 243 g/mol. The average Bonchev–Trinajstić information content (AvgIpc) is 2.36. The molecule has 0 unspecified atom stereocenters. The normalized spacial score (nSPS) is 10.3. The average molecular weight is 258 g/mol. The van der Waals surface area contributed by atoms with Crippen molar-refractivity contribution in [2.45, 2.75) is 13.8 Å². The van der Waals surface area contributed by atoms with E-state index in [2.05, 4.69) is 5.32 Å². The Balaban J connectivity index is 2.23. The molecule has 0 aliphatic rings. The summed E-state index contributed by atoms with van der Waals surface area (Å²) in [6.45, 7) is 3.90. The highest BCUT2D eigenvalue weighted by Crippen LogP contribution is 2.18. The molecule has 0 fully saturated rings. The predicted molar refractivity (Wildman–Crippen MR) is 74.7 cm³/mol. The van der Waals surface area contributed by atoms with Crippen LogP contribution in [0.3, 0.4) is 0 Å². The standard InChI is InChI=1S/C15H15FN2O/c1-9-3-4-11(7-10(9)2)15(19)18-14-6-5-12(17)8-13(14)16/h3-8H,17H2,1-2H3,(H,18,19). The molecule has 2 aromatic carbocycles. The number of hydrogen-bond donors (Lipinski definition) is 2. The minimum atomic E-state index is -0.544. The fourth-order valence-electron chi connectivity index (χ4n) is 1.71. The molecule has 4 heteroatoms. The van der Waals surface area contributed by atoms with Gasteiger partial charge in [-0.3, -0.25) is 4.79 Å². The van der Waals surface area contributed by atoms with E-state index in [4.69, 9.17) is 5.73 Å². The van der Waals surface area contributed by atoms with Gasteiger partial charge in [0, 0.05) is 11.3 Å². The number of hydrogen-bond acceptors (Lipinski definition) is 2. The van der Waals surface area contributed by atoms with Crippen molar-refractivity contribution in [3.05, 3.63) is 58.9 Å². The first-order chi connectivity index (χ1) is 8.97. The number of anilines is 2. The zero-order chi connectivity index (χ0) is 14.0. The van der Waals surface area contributed by atoms with E-state index in [0.29, 0.717) is 11.3 Å². The highest BCUT2D eigenvalue weighted by Gasteiger charge is 2.10. The lowest BCUT2D eigenvalue weighted by atomic mass is 10.1. The van der Waals surface area contributed by atoms with Gasteiger partial charge in [0.2, 0.25) is 0 Å². The van der Waals surface area contributed by atoms with E-state index in [1.165, 1.54) is 12.1 Å². The fraction of sp³-hybridized carbons (Fsp3) is 0.133. The largest absolute Gasteiger partial charge is 0.399 e. The monoisotopic (exact) mass is 258 g/mol. The Hall–Kier alpha value is -2.36. The van der Waals surface area contributed by atoms with Crippen LogP contribution >= 0.6 is 0 Å². The summed E-state index contributed by atoms with van der Waals surface area (Å²) < 4.78 is 13.6. The summed E-state index contributed by atoms with van der Waals surface area (Å²) in [7, 11) is 0. The SMILES string of the molecule is Cc1ccc(C(=O)Nc2ccc(N)cc2F)cc1C. The minimum Gasteiger partial charge on any atom is -0.399 e. The number of halogens is 1. The van der Waals surface area contributed by atoms with Crippen LogP contribution in [0.15, 0.2) is 36.4 Å². The van der Waals surface area contributed by atoms with Crippen molar-refractivity contribution < 1.29 is 9.18 Å². The van der Waals surface area contributed by atoms with Crippen molar-refractivity contribution in [3.8, 4) is 0 Å². The molecule has 0 spiro atoms. The van der Waals surface area contributed by atoms with Gasteiger partial charge in [0.1, 0.15) is 5.82 Å². The second kappa shape index (κ2) is 5.10. The van der Waals surface area contributed by atoms with Gasteiger partial charge >= 0.3 is 0 Å². The Labute approximate surface area is 111 Å². The van der Waals surface area contributed by atoms with E-state index in [1.807, 2.05) is 19.9 Å². The van der Waals surface area contributed by atoms with Crippen molar-refractivity contribution in [1.29, 1.82) is 0 Å². The van der Waals surface area contributed by atoms with Crippen LogP contribution in [0, 0.1) is 19.7 Å². The zero-order valence-corrected chi connectivity index (χ0v) is 10.8. The summed E-state index contributed by atoms with van der Waals surface area (Å²) in [5, 5.41) is 2.53. The van der Waals surface area contributed by atoms with E-state index in [1.54, 1.807) is 18.2 Å². The van der Waals surface area contributed by atoms with E-state index < -0.39 is 5.82 Å². The molecule has 2 rings (SSSR count). The number of nitrogens with two attached hydrogens (primary N) is 1. The van der Waals surface area contributed by atoms with Crippen LogP contribution in [-0.2, 0) is 0 Å². The quantitative estimate of drug-likeness (QED) is 0.812. The lowest BCUT2D eigenvalue weighted by Gasteiger charge is -2.08. The maximum Gasteiger partial charge on any atom is 0.255 e. The van der Waals surface area contributed by atoms with Gasteiger partial charge < -0.3 is 11.1 Å². The molecule has 19 heavy (non-hydrogen) atoms. The summed E-state index contributed by atoms with van der Waals surface area (Å²) >= 11 is 0. The zero-order valence-electron chi connectivity index (χ0n) is 10.8. The van der Waals surface area contributed by atoms with Crippen LogP contribution in [0.25, 0.3) is 0 Å². The topological polar surface area (TPSA) is 55.1 Å². The second-order valence-corrected chi connectivity index (χ2v) is 4.49. The minimum absolute atomic E-state index is 0.123. The van der Waals surface area contributed by atoms with Crippen LogP contribution in [0.4, 0.5) is 15.8 Å². The molecule has 0 radical (unpaired) electrons. The Bertz CT molecular complexity index is 638. The van der Waals surface area contributed by atoms with Crippen LogP contribution in [0.5, 0.6) is 0 Å². The van der Waals surface area contributed by atoms with Gasteiger partial charge in [0.05, 0.1) is 5.69 Å².